The first-order chi connectivity index (χ1) is 6.07. The van der Waals surface area contributed by atoms with Crippen LogP contribution in [0.4, 0.5) is 13.2 Å². The largest absolute Gasteiger partial charge is 0.421 e. The minimum atomic E-state index is -4.50. The fraction of sp³-hybridized carbons (Fsp3) is 0.143. The lowest BCUT2D eigenvalue weighted by molar-refractivity contribution is -0.144. The second-order valence-electron chi connectivity index (χ2n) is 2.39. The molecule has 6 heteroatoms. The lowest BCUT2D eigenvalue weighted by Gasteiger charge is -2.03. The molecule has 2 heterocycles. The van der Waals surface area contributed by atoms with E-state index in [2.05, 4.69) is 15.0 Å². The van der Waals surface area contributed by atoms with E-state index in [1.165, 1.54) is 18.3 Å². The van der Waals surface area contributed by atoms with Crippen molar-refractivity contribution >= 4 is 11.2 Å². The van der Waals surface area contributed by atoms with Crippen molar-refractivity contribution in [1.82, 2.24) is 15.0 Å². The molecule has 0 radical (unpaired) electrons. The molecule has 2 aromatic heterocycles. The minimum Gasteiger partial charge on any atom is -0.368 e. The first-order valence-electron chi connectivity index (χ1n) is 3.40. The van der Waals surface area contributed by atoms with Crippen LogP contribution in [0.25, 0.3) is 11.2 Å². The zero-order valence-electron chi connectivity index (χ0n) is 6.21. The van der Waals surface area contributed by atoms with E-state index in [-0.39, 0.29) is 11.2 Å². The van der Waals surface area contributed by atoms with E-state index in [4.69, 9.17) is 0 Å². The summed E-state index contributed by atoms with van der Waals surface area (Å²) in [5.74, 6) is -1.14. The fourth-order valence-corrected chi connectivity index (χ4v) is 0.928. The molecule has 2 aromatic rings. The number of hydrogen-bond donors (Lipinski definition) is 0. The summed E-state index contributed by atoms with van der Waals surface area (Å²) < 4.78 is 36.2. The molecule has 13 heavy (non-hydrogen) atoms. The normalized spacial score (nSPS) is 12.2. The molecule has 68 valence electrons. The highest BCUT2D eigenvalue weighted by Crippen LogP contribution is 2.27. The second-order valence-corrected chi connectivity index (χ2v) is 2.39. The summed E-state index contributed by atoms with van der Waals surface area (Å²) in [6, 6.07) is 2.95. The van der Waals surface area contributed by atoms with E-state index < -0.39 is 12.0 Å². The smallest absolute Gasteiger partial charge is 0.368 e. The van der Waals surface area contributed by atoms with Gasteiger partial charge in [0.25, 0.3) is 0 Å². The van der Waals surface area contributed by atoms with Crippen molar-refractivity contribution in [1.29, 1.82) is 0 Å². The van der Waals surface area contributed by atoms with Crippen LogP contribution in [0, 0.1) is 0 Å². The van der Waals surface area contributed by atoms with Gasteiger partial charge in [-0.3, -0.25) is 0 Å². The number of pyridine rings is 1. The van der Waals surface area contributed by atoms with Crippen LogP contribution in [0.1, 0.15) is 5.82 Å². The average Bonchev–Trinajstić information content (AvgIpc) is 2.45. The van der Waals surface area contributed by atoms with Gasteiger partial charge in [0.2, 0.25) is 0 Å². The molecule has 0 amide bonds. The van der Waals surface area contributed by atoms with Crippen molar-refractivity contribution in [3.05, 3.63) is 24.2 Å². The van der Waals surface area contributed by atoms with E-state index >= 15 is 0 Å². The molecule has 0 aliphatic carbocycles. The van der Waals surface area contributed by atoms with Crippen molar-refractivity contribution in [2.24, 2.45) is 0 Å². The standard InChI is InChI=1S/C7H3F3N3/c8-7(9,10)6-12-4-2-1-3-11-5(4)13-6/h1-3H/q-1. The van der Waals surface area contributed by atoms with Gasteiger partial charge in [-0.15, -0.1) is 0 Å². The Labute approximate surface area is 70.6 Å². The van der Waals surface area contributed by atoms with Gasteiger partial charge in [0.1, 0.15) is 0 Å². The average molecular weight is 186 g/mol. The zero-order chi connectivity index (χ0) is 9.47. The lowest BCUT2D eigenvalue weighted by atomic mass is 10.4. The molecular formula is C7H3F3N3-. The number of hydrogen-bond acceptors (Lipinski definition) is 2. The van der Waals surface area contributed by atoms with Crippen LogP contribution in [0.5, 0.6) is 0 Å². The van der Waals surface area contributed by atoms with Crippen LogP contribution in [-0.4, -0.2) is 9.97 Å². The fourth-order valence-electron chi connectivity index (χ4n) is 0.928. The molecule has 0 aliphatic rings. The highest BCUT2D eigenvalue weighted by Gasteiger charge is 2.29. The van der Waals surface area contributed by atoms with Crippen LogP contribution < -0.4 is 4.98 Å². The number of rotatable bonds is 0. The summed E-state index contributed by atoms with van der Waals surface area (Å²) in [6.45, 7) is 0. The molecule has 0 fully saturated rings. The van der Waals surface area contributed by atoms with Crippen LogP contribution in [-0.2, 0) is 6.18 Å². The molecule has 0 aliphatic heterocycles. The molecule has 0 spiro atoms. The molecular weight excluding hydrogens is 183 g/mol. The Hall–Kier alpha value is -1.59. The van der Waals surface area contributed by atoms with Gasteiger partial charge >= 0.3 is 6.18 Å². The van der Waals surface area contributed by atoms with Crippen molar-refractivity contribution in [3.8, 4) is 0 Å². The zero-order valence-corrected chi connectivity index (χ0v) is 6.21. The van der Waals surface area contributed by atoms with Gasteiger partial charge in [-0.25, -0.2) is 0 Å². The van der Waals surface area contributed by atoms with E-state index in [1.54, 1.807) is 0 Å². The first-order valence-corrected chi connectivity index (χ1v) is 3.40. The minimum absolute atomic E-state index is 0.0230. The molecule has 0 atom stereocenters. The summed E-state index contributed by atoms with van der Waals surface area (Å²) in [6.07, 6.45) is -3.13. The number of nitrogens with zero attached hydrogens (tertiary/aromatic N) is 3. The Bertz CT molecular complexity index is 399. The SMILES string of the molecule is FC(F)(F)c1nc2cccnc2[n-]1. The highest BCUT2D eigenvalue weighted by atomic mass is 19.4. The second kappa shape index (κ2) is 2.45. The van der Waals surface area contributed by atoms with Crippen molar-refractivity contribution in [2.45, 2.75) is 6.18 Å². The third-order valence-electron chi connectivity index (χ3n) is 1.46. The first kappa shape index (κ1) is 8.03. The molecule has 0 saturated heterocycles. The summed E-state index contributed by atoms with van der Waals surface area (Å²) in [4.78, 5) is 10.2. The molecule has 2 rings (SSSR count). The third kappa shape index (κ3) is 1.34. The van der Waals surface area contributed by atoms with Gasteiger partial charge in [-0.2, -0.15) is 13.2 Å². The molecule has 0 N–H and O–H groups in total. The van der Waals surface area contributed by atoms with Gasteiger partial charge in [0.15, 0.2) is 0 Å². The number of fused-ring (bicyclic) bond motifs is 1. The maximum Gasteiger partial charge on any atom is 0.421 e. The Morgan fingerprint density at radius 2 is 2.08 bits per heavy atom. The number of imidazole rings is 1. The van der Waals surface area contributed by atoms with Crippen molar-refractivity contribution in [2.75, 3.05) is 0 Å². The predicted molar refractivity (Wildman–Crippen MR) is 37.9 cm³/mol. The van der Waals surface area contributed by atoms with E-state index in [9.17, 15) is 13.2 Å². The van der Waals surface area contributed by atoms with Crippen LogP contribution >= 0.6 is 0 Å². The number of halogens is 3. The van der Waals surface area contributed by atoms with Crippen LogP contribution in [0.15, 0.2) is 18.3 Å². The van der Waals surface area contributed by atoms with Crippen LogP contribution in [0.2, 0.25) is 0 Å². The Balaban J connectivity index is 2.63. The van der Waals surface area contributed by atoms with Crippen molar-refractivity contribution < 1.29 is 13.2 Å². The number of aromatic nitrogens is 3. The Morgan fingerprint density at radius 3 is 2.69 bits per heavy atom. The van der Waals surface area contributed by atoms with Gasteiger partial charge < -0.3 is 15.0 Å². The van der Waals surface area contributed by atoms with Crippen LogP contribution in [0.3, 0.4) is 0 Å². The van der Waals surface area contributed by atoms with Gasteiger partial charge in [0, 0.05) is 11.2 Å². The maximum absolute atomic E-state index is 12.1. The summed E-state index contributed by atoms with van der Waals surface area (Å²) in [5, 5.41) is 0. The Kier molecular flexibility index (Phi) is 1.51. The summed E-state index contributed by atoms with van der Waals surface area (Å²) >= 11 is 0. The summed E-state index contributed by atoms with van der Waals surface area (Å²) in [5.41, 5.74) is 0.185. The molecule has 0 saturated carbocycles. The monoisotopic (exact) mass is 186 g/mol. The highest BCUT2D eigenvalue weighted by molar-refractivity contribution is 5.69. The molecule has 0 unspecified atom stereocenters. The van der Waals surface area contributed by atoms with Gasteiger partial charge in [0.05, 0.1) is 5.82 Å². The van der Waals surface area contributed by atoms with Gasteiger partial charge in [-0.1, -0.05) is 12.1 Å². The van der Waals surface area contributed by atoms with Gasteiger partial charge in [-0.05, 0) is 6.20 Å². The number of alkyl halides is 3. The molecule has 0 aromatic carbocycles. The lowest BCUT2D eigenvalue weighted by Crippen LogP contribution is -2.08. The molecule has 0 bridgehead atoms. The summed E-state index contributed by atoms with van der Waals surface area (Å²) in [7, 11) is 0. The van der Waals surface area contributed by atoms with E-state index in [0.29, 0.717) is 0 Å². The molecule has 3 nitrogen and oxygen atoms in total. The third-order valence-corrected chi connectivity index (χ3v) is 1.46. The topological polar surface area (TPSA) is 39.9 Å². The maximum atomic E-state index is 12.1. The predicted octanol–water partition coefficient (Wildman–Crippen LogP) is 1.61. The van der Waals surface area contributed by atoms with E-state index in [1.807, 2.05) is 0 Å². The van der Waals surface area contributed by atoms with Crippen molar-refractivity contribution in [3.63, 3.8) is 0 Å². The Morgan fingerprint density at radius 1 is 1.31 bits per heavy atom. The van der Waals surface area contributed by atoms with E-state index in [0.717, 1.165) is 0 Å². The quantitative estimate of drug-likeness (QED) is 0.627.